The number of methoxy groups -OCH3 is 1. The fraction of sp³-hybridized carbons (Fsp3) is 0.545. The maximum absolute atomic E-state index is 12.4. The summed E-state index contributed by atoms with van der Waals surface area (Å²) >= 11 is 1.42. The molecule has 0 aliphatic carbocycles. The van der Waals surface area contributed by atoms with Gasteiger partial charge in [-0.2, -0.15) is 4.99 Å². The van der Waals surface area contributed by atoms with E-state index in [0.29, 0.717) is 17.3 Å². The molecular formula is C22H30N2O4S. The number of carbonyl (C=O) groups is 1. The van der Waals surface area contributed by atoms with Crippen LogP contribution in [-0.2, 0) is 9.53 Å². The van der Waals surface area contributed by atoms with Crippen LogP contribution in [-0.4, -0.2) is 55.0 Å². The molecule has 1 saturated heterocycles. The van der Waals surface area contributed by atoms with Gasteiger partial charge in [-0.25, -0.2) is 0 Å². The van der Waals surface area contributed by atoms with Crippen molar-refractivity contribution >= 4 is 28.9 Å². The zero-order chi connectivity index (χ0) is 20.8. The molecule has 2 atom stereocenters. The molecular weight excluding hydrogens is 388 g/mol. The third-order valence-electron chi connectivity index (χ3n) is 4.79. The van der Waals surface area contributed by atoms with E-state index in [2.05, 4.69) is 16.8 Å². The molecule has 0 bridgehead atoms. The molecule has 7 heteroatoms. The maximum atomic E-state index is 12.4. The van der Waals surface area contributed by atoms with E-state index in [9.17, 15) is 4.79 Å². The number of rotatable bonds is 7. The molecule has 1 amide bonds. The Labute approximate surface area is 177 Å². The van der Waals surface area contributed by atoms with Crippen molar-refractivity contribution in [3.8, 4) is 11.5 Å². The van der Waals surface area contributed by atoms with Crippen LogP contribution in [0.25, 0.3) is 6.08 Å². The highest BCUT2D eigenvalue weighted by atomic mass is 32.2. The predicted octanol–water partition coefficient (Wildman–Crippen LogP) is 4.34. The van der Waals surface area contributed by atoms with Gasteiger partial charge in [0, 0.05) is 13.1 Å². The highest BCUT2D eigenvalue weighted by Crippen LogP contribution is 2.34. The lowest BCUT2D eigenvalue weighted by molar-refractivity contribution is -0.113. The zero-order valence-corrected chi connectivity index (χ0v) is 18.5. The minimum Gasteiger partial charge on any atom is -0.493 e. The van der Waals surface area contributed by atoms with Gasteiger partial charge < -0.3 is 19.1 Å². The smallest absolute Gasteiger partial charge is 0.286 e. The number of aliphatic imine (C=N–C) groups is 1. The van der Waals surface area contributed by atoms with E-state index in [1.807, 2.05) is 38.1 Å². The van der Waals surface area contributed by atoms with Crippen LogP contribution < -0.4 is 9.47 Å². The van der Waals surface area contributed by atoms with Crippen LogP contribution >= 0.6 is 11.8 Å². The van der Waals surface area contributed by atoms with Gasteiger partial charge in [-0.15, -0.1) is 0 Å². The molecule has 2 unspecified atom stereocenters. The molecule has 1 aromatic rings. The molecule has 6 nitrogen and oxygen atoms in total. The van der Waals surface area contributed by atoms with Crippen LogP contribution in [0.1, 0.15) is 45.6 Å². The number of morpholine rings is 1. The van der Waals surface area contributed by atoms with Crippen LogP contribution in [0.5, 0.6) is 11.5 Å². The number of amides is 1. The predicted molar refractivity (Wildman–Crippen MR) is 118 cm³/mol. The lowest BCUT2D eigenvalue weighted by atomic mass is 10.2. The molecule has 2 aliphatic heterocycles. The largest absolute Gasteiger partial charge is 0.493 e. The standard InChI is InChI=1S/C22H30N2O4S/c1-5-6-7-10-27-18-9-8-17(11-19(18)26-4)12-20-21(25)23-22(29-20)24-13-15(2)28-16(3)14-24/h8-9,11-12,15-16H,5-7,10,13-14H2,1-4H3. The van der Waals surface area contributed by atoms with Crippen molar-refractivity contribution < 1.29 is 19.0 Å². The Kier molecular flexibility index (Phi) is 7.61. The Balaban J connectivity index is 1.68. The first kappa shape index (κ1) is 21.7. The van der Waals surface area contributed by atoms with Gasteiger partial charge in [-0.3, -0.25) is 4.79 Å². The van der Waals surface area contributed by atoms with Gasteiger partial charge in [0.2, 0.25) is 0 Å². The van der Waals surface area contributed by atoms with E-state index in [4.69, 9.17) is 14.2 Å². The molecule has 1 fully saturated rings. The molecule has 29 heavy (non-hydrogen) atoms. The van der Waals surface area contributed by atoms with Crippen molar-refractivity contribution in [3.63, 3.8) is 0 Å². The summed E-state index contributed by atoms with van der Waals surface area (Å²) in [4.78, 5) is 19.4. The quantitative estimate of drug-likeness (QED) is 0.485. The van der Waals surface area contributed by atoms with Crippen LogP contribution in [0.3, 0.4) is 0 Å². The first-order chi connectivity index (χ1) is 14.0. The minimum absolute atomic E-state index is 0.124. The fourth-order valence-electron chi connectivity index (χ4n) is 3.45. The number of hydrogen-bond donors (Lipinski definition) is 0. The van der Waals surface area contributed by atoms with Crippen molar-refractivity contribution in [1.82, 2.24) is 4.90 Å². The summed E-state index contributed by atoms with van der Waals surface area (Å²) in [5.74, 6) is 1.20. The monoisotopic (exact) mass is 418 g/mol. The van der Waals surface area contributed by atoms with Crippen LogP contribution in [0, 0.1) is 0 Å². The SMILES string of the molecule is CCCCCOc1ccc(C=C2SC(N3CC(C)OC(C)C3)=NC2=O)cc1OC. The lowest BCUT2D eigenvalue weighted by Crippen LogP contribution is -2.47. The summed E-state index contributed by atoms with van der Waals surface area (Å²) < 4.78 is 17.1. The molecule has 2 heterocycles. The average molecular weight is 419 g/mol. The van der Waals surface area contributed by atoms with Gasteiger partial charge in [0.15, 0.2) is 16.7 Å². The number of thioether (sulfide) groups is 1. The molecule has 0 aromatic heterocycles. The normalized spacial score (nSPS) is 23.4. The number of unbranched alkanes of at least 4 members (excludes halogenated alkanes) is 2. The molecule has 0 saturated carbocycles. The Hall–Kier alpha value is -1.99. The number of ether oxygens (including phenoxy) is 3. The second-order valence-electron chi connectivity index (χ2n) is 7.44. The first-order valence-corrected chi connectivity index (χ1v) is 11.1. The number of benzene rings is 1. The van der Waals surface area contributed by atoms with Gasteiger partial charge in [0.1, 0.15) is 0 Å². The van der Waals surface area contributed by atoms with E-state index >= 15 is 0 Å². The molecule has 2 aliphatic rings. The second kappa shape index (κ2) is 10.2. The van der Waals surface area contributed by atoms with Gasteiger partial charge in [-0.1, -0.05) is 25.8 Å². The first-order valence-electron chi connectivity index (χ1n) is 10.2. The highest BCUT2D eigenvalue weighted by Gasteiger charge is 2.31. The van der Waals surface area contributed by atoms with Crippen molar-refractivity contribution in [2.45, 2.75) is 52.2 Å². The van der Waals surface area contributed by atoms with Crippen molar-refractivity contribution in [3.05, 3.63) is 28.7 Å². The molecule has 3 rings (SSSR count). The topological polar surface area (TPSA) is 60.4 Å². The van der Waals surface area contributed by atoms with E-state index in [1.165, 1.54) is 11.8 Å². The Morgan fingerprint density at radius 2 is 2.00 bits per heavy atom. The third-order valence-corrected chi connectivity index (χ3v) is 5.83. The molecule has 0 radical (unpaired) electrons. The summed E-state index contributed by atoms with van der Waals surface area (Å²) in [5, 5.41) is 0.756. The minimum atomic E-state index is -0.198. The summed E-state index contributed by atoms with van der Waals surface area (Å²) in [5.41, 5.74) is 0.888. The van der Waals surface area contributed by atoms with Gasteiger partial charge in [0.25, 0.3) is 5.91 Å². The maximum Gasteiger partial charge on any atom is 0.286 e. The lowest BCUT2D eigenvalue weighted by Gasteiger charge is -2.35. The highest BCUT2D eigenvalue weighted by molar-refractivity contribution is 8.18. The van der Waals surface area contributed by atoms with Gasteiger partial charge in [-0.05, 0) is 55.8 Å². The van der Waals surface area contributed by atoms with E-state index in [-0.39, 0.29) is 18.1 Å². The van der Waals surface area contributed by atoms with Gasteiger partial charge >= 0.3 is 0 Å². The van der Waals surface area contributed by atoms with Crippen molar-refractivity contribution in [2.75, 3.05) is 26.8 Å². The second-order valence-corrected chi connectivity index (χ2v) is 8.45. The number of carbonyl (C=O) groups excluding carboxylic acids is 1. The van der Waals surface area contributed by atoms with Crippen molar-refractivity contribution in [1.29, 1.82) is 0 Å². The summed E-state index contributed by atoms with van der Waals surface area (Å²) in [7, 11) is 1.63. The molecule has 1 aromatic carbocycles. The van der Waals surface area contributed by atoms with Crippen LogP contribution in [0.15, 0.2) is 28.1 Å². The molecule has 158 valence electrons. The van der Waals surface area contributed by atoms with Gasteiger partial charge in [0.05, 0.1) is 30.8 Å². The number of hydrogen-bond acceptors (Lipinski definition) is 6. The molecule has 0 N–H and O–H groups in total. The van der Waals surface area contributed by atoms with E-state index < -0.39 is 0 Å². The fourth-order valence-corrected chi connectivity index (χ4v) is 4.38. The average Bonchev–Trinajstić information content (AvgIpc) is 3.05. The van der Waals surface area contributed by atoms with E-state index in [0.717, 1.165) is 48.8 Å². The third kappa shape index (κ3) is 5.76. The van der Waals surface area contributed by atoms with Crippen LogP contribution in [0.2, 0.25) is 0 Å². The summed E-state index contributed by atoms with van der Waals surface area (Å²) in [6.45, 7) is 8.41. The van der Waals surface area contributed by atoms with Crippen LogP contribution in [0.4, 0.5) is 0 Å². The molecule has 0 spiro atoms. The van der Waals surface area contributed by atoms with E-state index in [1.54, 1.807) is 7.11 Å². The Morgan fingerprint density at radius 1 is 1.24 bits per heavy atom. The Morgan fingerprint density at radius 3 is 2.69 bits per heavy atom. The summed E-state index contributed by atoms with van der Waals surface area (Å²) in [6, 6.07) is 5.73. The van der Waals surface area contributed by atoms with Crippen molar-refractivity contribution in [2.24, 2.45) is 4.99 Å². The summed E-state index contributed by atoms with van der Waals surface area (Å²) in [6.07, 6.45) is 5.44. The zero-order valence-electron chi connectivity index (χ0n) is 17.6. The Bertz CT molecular complexity index is 783. The number of amidine groups is 1. The number of nitrogens with zero attached hydrogens (tertiary/aromatic N) is 2.